The summed E-state index contributed by atoms with van der Waals surface area (Å²) >= 11 is 1.57. The van der Waals surface area contributed by atoms with Crippen molar-refractivity contribution in [2.75, 3.05) is 5.32 Å². The first kappa shape index (κ1) is 22.6. The summed E-state index contributed by atoms with van der Waals surface area (Å²) in [5.74, 6) is 0.765. The normalized spacial score (nSPS) is 13.9. The van der Waals surface area contributed by atoms with E-state index in [1.54, 1.807) is 11.3 Å². The van der Waals surface area contributed by atoms with E-state index in [9.17, 15) is 4.79 Å². The lowest BCUT2D eigenvalue weighted by Crippen LogP contribution is -2.15. The van der Waals surface area contributed by atoms with Gasteiger partial charge in [0.25, 0.3) is 0 Å². The molecule has 3 nitrogen and oxygen atoms in total. The monoisotopic (exact) mass is 489 g/mol. The minimum absolute atomic E-state index is 0.338. The zero-order valence-electron chi connectivity index (χ0n) is 20.1. The molecule has 178 valence electrons. The molecule has 36 heavy (non-hydrogen) atoms. The minimum Gasteiger partial charge on any atom is -0.441 e. The van der Waals surface area contributed by atoms with E-state index >= 15 is 0 Å². The molecule has 0 unspecified atom stereocenters. The van der Waals surface area contributed by atoms with Gasteiger partial charge < -0.3 is 4.74 Å². The number of amides is 1. The van der Waals surface area contributed by atoms with Crippen LogP contribution >= 0.6 is 11.3 Å². The van der Waals surface area contributed by atoms with Crippen molar-refractivity contribution in [1.82, 2.24) is 0 Å². The fraction of sp³-hybridized carbons (Fsp3) is 0.156. The molecule has 6 rings (SSSR count). The molecule has 1 aliphatic rings. The van der Waals surface area contributed by atoms with Gasteiger partial charge in [-0.1, -0.05) is 97.1 Å². The van der Waals surface area contributed by atoms with Crippen molar-refractivity contribution >= 4 is 32.5 Å². The van der Waals surface area contributed by atoms with E-state index in [1.165, 1.54) is 29.5 Å². The Labute approximate surface area is 215 Å². The molecule has 0 saturated heterocycles. The predicted molar refractivity (Wildman–Crippen MR) is 150 cm³/mol. The average Bonchev–Trinajstić information content (AvgIpc) is 3.71. The van der Waals surface area contributed by atoms with E-state index < -0.39 is 6.09 Å². The summed E-state index contributed by atoms with van der Waals surface area (Å²) in [6.45, 7) is 1.89. The number of hydrogen-bond donors (Lipinski definition) is 1. The maximum atomic E-state index is 12.8. The Hall–Kier alpha value is -3.89. The van der Waals surface area contributed by atoms with Crippen molar-refractivity contribution in [3.63, 3.8) is 0 Å². The van der Waals surface area contributed by atoms with Gasteiger partial charge in [0, 0.05) is 15.6 Å². The summed E-state index contributed by atoms with van der Waals surface area (Å²) < 4.78 is 6.82. The molecule has 1 N–H and O–H groups in total. The highest BCUT2D eigenvalue weighted by Crippen LogP contribution is 2.44. The topological polar surface area (TPSA) is 38.3 Å². The molecule has 0 bridgehead atoms. The van der Waals surface area contributed by atoms with Crippen LogP contribution < -0.4 is 5.32 Å². The van der Waals surface area contributed by atoms with Crippen LogP contribution in [0.5, 0.6) is 0 Å². The molecule has 1 aromatic heterocycles. The molecule has 1 atom stereocenters. The highest BCUT2D eigenvalue weighted by molar-refractivity contribution is 7.23. The van der Waals surface area contributed by atoms with E-state index in [-0.39, 0.29) is 6.10 Å². The predicted octanol–water partition coefficient (Wildman–Crippen LogP) is 9.42. The van der Waals surface area contributed by atoms with Gasteiger partial charge in [-0.3, -0.25) is 5.32 Å². The van der Waals surface area contributed by atoms with Crippen molar-refractivity contribution in [3.8, 4) is 22.3 Å². The van der Waals surface area contributed by atoms with Crippen LogP contribution in [0.2, 0.25) is 0 Å². The van der Waals surface area contributed by atoms with E-state index in [0.717, 1.165) is 37.7 Å². The SMILES string of the molecule is C[C@@H](OC(=O)Nc1sc2ccccc2c1-c1ccc(-c2ccc(C3CC3)cc2)cc1)c1ccccc1. The fourth-order valence-corrected chi connectivity index (χ4v) is 5.80. The van der Waals surface area contributed by atoms with Gasteiger partial charge in [-0.2, -0.15) is 0 Å². The largest absolute Gasteiger partial charge is 0.441 e. The number of carbonyl (C=O) groups is 1. The summed E-state index contributed by atoms with van der Waals surface area (Å²) in [6.07, 6.45) is 1.84. The molecule has 1 heterocycles. The van der Waals surface area contributed by atoms with Gasteiger partial charge in [-0.25, -0.2) is 4.79 Å². The molecule has 1 amide bonds. The molecule has 0 aliphatic heterocycles. The Balaban J connectivity index is 1.27. The van der Waals surface area contributed by atoms with Crippen LogP contribution in [-0.2, 0) is 4.74 Å². The molecule has 4 heteroatoms. The van der Waals surface area contributed by atoms with Gasteiger partial charge in [0.05, 0.1) is 0 Å². The summed E-state index contributed by atoms with van der Waals surface area (Å²) in [4.78, 5) is 12.8. The maximum Gasteiger partial charge on any atom is 0.412 e. The molecular weight excluding hydrogens is 462 g/mol. The van der Waals surface area contributed by atoms with Crippen molar-refractivity contribution in [2.45, 2.75) is 31.8 Å². The second-order valence-electron chi connectivity index (χ2n) is 9.36. The lowest BCUT2D eigenvalue weighted by Gasteiger charge is -2.14. The molecule has 4 aromatic carbocycles. The molecular formula is C32H27NO2S. The number of nitrogens with one attached hydrogen (secondary N) is 1. The average molecular weight is 490 g/mol. The van der Waals surface area contributed by atoms with Crippen LogP contribution in [0, 0.1) is 0 Å². The van der Waals surface area contributed by atoms with Gasteiger partial charge >= 0.3 is 6.09 Å². The zero-order valence-corrected chi connectivity index (χ0v) is 20.9. The number of benzene rings is 4. The minimum atomic E-state index is -0.452. The lowest BCUT2D eigenvalue weighted by molar-refractivity contribution is 0.121. The van der Waals surface area contributed by atoms with Crippen molar-refractivity contribution < 1.29 is 9.53 Å². The molecule has 5 aromatic rings. The summed E-state index contributed by atoms with van der Waals surface area (Å²) in [7, 11) is 0. The fourth-order valence-electron chi connectivity index (χ4n) is 4.69. The smallest absolute Gasteiger partial charge is 0.412 e. The molecule has 1 aliphatic carbocycles. The zero-order chi connectivity index (χ0) is 24.5. The van der Waals surface area contributed by atoms with Crippen LogP contribution in [0.1, 0.15) is 42.9 Å². The number of ether oxygens (including phenoxy) is 1. The highest BCUT2D eigenvalue weighted by atomic mass is 32.1. The van der Waals surface area contributed by atoms with Gasteiger partial charge in [0.15, 0.2) is 0 Å². The van der Waals surface area contributed by atoms with E-state index in [4.69, 9.17) is 4.74 Å². The van der Waals surface area contributed by atoms with Gasteiger partial charge in [0.1, 0.15) is 11.1 Å². The van der Waals surface area contributed by atoms with Crippen molar-refractivity contribution in [3.05, 3.63) is 114 Å². The molecule has 0 spiro atoms. The first-order valence-corrected chi connectivity index (χ1v) is 13.2. The van der Waals surface area contributed by atoms with Gasteiger partial charge in [-0.05, 0) is 59.6 Å². The Kier molecular flexibility index (Phi) is 6.04. The van der Waals surface area contributed by atoms with Crippen LogP contribution in [0.15, 0.2) is 103 Å². The maximum absolute atomic E-state index is 12.8. The van der Waals surface area contributed by atoms with Crippen LogP contribution in [-0.4, -0.2) is 6.09 Å². The molecule has 0 radical (unpaired) electrons. The number of rotatable bonds is 6. The summed E-state index contributed by atoms with van der Waals surface area (Å²) in [5, 5.41) is 4.94. The van der Waals surface area contributed by atoms with Crippen LogP contribution in [0.25, 0.3) is 32.3 Å². The van der Waals surface area contributed by atoms with Crippen molar-refractivity contribution in [2.24, 2.45) is 0 Å². The number of anilines is 1. The van der Waals surface area contributed by atoms with Gasteiger partial charge in [-0.15, -0.1) is 11.3 Å². The summed E-state index contributed by atoms with van der Waals surface area (Å²) in [6, 6.07) is 35.6. The lowest BCUT2D eigenvalue weighted by atomic mass is 9.98. The Bertz CT molecular complexity index is 1500. The molecule has 1 saturated carbocycles. The number of thiophene rings is 1. The summed E-state index contributed by atoms with van der Waals surface area (Å²) in [5.41, 5.74) is 6.91. The van der Waals surface area contributed by atoms with Crippen LogP contribution in [0.3, 0.4) is 0 Å². The Morgan fingerprint density at radius 2 is 1.42 bits per heavy atom. The second-order valence-corrected chi connectivity index (χ2v) is 10.4. The first-order chi connectivity index (χ1) is 17.7. The number of fused-ring (bicyclic) bond motifs is 1. The quantitative estimate of drug-likeness (QED) is 0.258. The third-order valence-electron chi connectivity index (χ3n) is 6.83. The van der Waals surface area contributed by atoms with E-state index in [2.05, 4.69) is 66.0 Å². The first-order valence-electron chi connectivity index (χ1n) is 12.4. The number of hydrogen-bond acceptors (Lipinski definition) is 3. The highest BCUT2D eigenvalue weighted by Gasteiger charge is 2.23. The third kappa shape index (κ3) is 4.65. The van der Waals surface area contributed by atoms with E-state index in [1.807, 2.05) is 49.4 Å². The van der Waals surface area contributed by atoms with Gasteiger partial charge in [0.2, 0.25) is 0 Å². The third-order valence-corrected chi connectivity index (χ3v) is 7.92. The second kappa shape index (κ2) is 9.63. The Morgan fingerprint density at radius 1 is 0.806 bits per heavy atom. The number of carbonyl (C=O) groups excluding carboxylic acids is 1. The molecule has 1 fully saturated rings. The standard InChI is InChI=1S/C32H27NO2S/c1-21(22-7-3-2-4-8-22)35-32(34)33-31-30(28-9-5-6-10-29(28)36-31)27-19-17-26(18-20-27)25-15-13-24(14-16-25)23-11-12-23/h2-10,13-21,23H,11-12H2,1H3,(H,33,34)/t21-/m1/s1. The van der Waals surface area contributed by atoms with Crippen molar-refractivity contribution in [1.29, 1.82) is 0 Å². The van der Waals surface area contributed by atoms with E-state index in [0.29, 0.717) is 0 Å². The Morgan fingerprint density at radius 3 is 2.11 bits per heavy atom. The van der Waals surface area contributed by atoms with Crippen LogP contribution in [0.4, 0.5) is 9.80 Å².